The van der Waals surface area contributed by atoms with E-state index < -0.39 is 0 Å². The summed E-state index contributed by atoms with van der Waals surface area (Å²) < 4.78 is 0. The molecule has 4 aliphatic carbocycles. The lowest BCUT2D eigenvalue weighted by atomic mass is 9.19. The summed E-state index contributed by atoms with van der Waals surface area (Å²) in [5, 5.41) is 0. The molecule has 4 rings (SSSR count). The third-order valence-corrected chi connectivity index (χ3v) is 8.35. The first-order chi connectivity index (χ1) is 7.87. The standard InChI is InChI=1S/C17H30/c1-8-11(4)16-13(10-3)17(16)12(9-2)15(16,7)14(17,5)6/h11-13H,8-10H2,1-7H3. The Labute approximate surface area is 108 Å². The van der Waals surface area contributed by atoms with Crippen molar-refractivity contribution in [2.45, 2.75) is 67.7 Å². The molecule has 4 saturated carbocycles. The minimum Gasteiger partial charge on any atom is -0.0651 e. The van der Waals surface area contributed by atoms with Crippen LogP contribution in [0.25, 0.3) is 0 Å². The Balaban J connectivity index is 2.07. The molecule has 1 spiro atoms. The van der Waals surface area contributed by atoms with E-state index in [1.54, 1.807) is 0 Å². The molecule has 0 saturated heterocycles. The Morgan fingerprint density at radius 2 is 1.47 bits per heavy atom. The van der Waals surface area contributed by atoms with Crippen molar-refractivity contribution in [2.75, 3.05) is 0 Å². The Hall–Kier alpha value is 0. The van der Waals surface area contributed by atoms with Crippen LogP contribution >= 0.6 is 0 Å². The first kappa shape index (κ1) is 12.1. The molecular weight excluding hydrogens is 204 g/mol. The molecule has 98 valence electrons. The van der Waals surface area contributed by atoms with Gasteiger partial charge in [-0.1, -0.05) is 67.7 Å². The van der Waals surface area contributed by atoms with Crippen molar-refractivity contribution in [1.29, 1.82) is 0 Å². The van der Waals surface area contributed by atoms with E-state index in [0.717, 1.165) is 28.6 Å². The van der Waals surface area contributed by atoms with Gasteiger partial charge < -0.3 is 0 Å². The lowest BCUT2D eigenvalue weighted by Gasteiger charge is -2.84. The molecule has 0 aromatic carbocycles. The minimum atomic E-state index is 0.616. The van der Waals surface area contributed by atoms with Gasteiger partial charge in [-0.05, 0) is 39.4 Å². The molecule has 0 heteroatoms. The molecule has 2 bridgehead atoms. The average molecular weight is 234 g/mol. The number of hydrogen-bond acceptors (Lipinski definition) is 0. The van der Waals surface area contributed by atoms with E-state index in [-0.39, 0.29) is 0 Å². The van der Waals surface area contributed by atoms with Crippen LogP contribution in [0.4, 0.5) is 0 Å². The third-order valence-electron chi connectivity index (χ3n) is 8.35. The summed E-state index contributed by atoms with van der Waals surface area (Å²) in [6.45, 7) is 17.5. The number of hydrogen-bond donors (Lipinski definition) is 0. The highest BCUT2D eigenvalue weighted by molar-refractivity contribution is 5.55. The van der Waals surface area contributed by atoms with E-state index in [1.165, 1.54) is 19.3 Å². The Morgan fingerprint density at radius 3 is 1.88 bits per heavy atom. The van der Waals surface area contributed by atoms with E-state index in [2.05, 4.69) is 48.5 Å². The van der Waals surface area contributed by atoms with Gasteiger partial charge in [0.15, 0.2) is 0 Å². The highest BCUT2D eigenvalue weighted by Crippen LogP contribution is 3.12. The summed E-state index contributed by atoms with van der Waals surface area (Å²) in [5.74, 6) is 3.01. The zero-order chi connectivity index (χ0) is 12.9. The van der Waals surface area contributed by atoms with Gasteiger partial charge in [0, 0.05) is 0 Å². The first-order valence-corrected chi connectivity index (χ1v) is 7.87. The van der Waals surface area contributed by atoms with Crippen LogP contribution in [0.2, 0.25) is 0 Å². The van der Waals surface area contributed by atoms with Gasteiger partial charge >= 0.3 is 0 Å². The molecule has 6 atom stereocenters. The van der Waals surface area contributed by atoms with Crippen molar-refractivity contribution in [2.24, 2.45) is 39.4 Å². The number of rotatable bonds is 4. The normalized spacial score (nSPS) is 58.8. The summed E-state index contributed by atoms with van der Waals surface area (Å²) in [5.41, 5.74) is 2.75. The highest BCUT2D eigenvalue weighted by Gasteiger charge is 3.09. The molecule has 0 radical (unpaired) electrons. The topological polar surface area (TPSA) is 0 Å². The molecule has 6 unspecified atom stereocenters. The second-order valence-electron chi connectivity index (χ2n) is 7.80. The van der Waals surface area contributed by atoms with Gasteiger partial charge in [0.05, 0.1) is 0 Å². The molecule has 0 amide bonds. The SMILES string of the molecule is CCC1C2(C)C(C)(C)C13C(CC)C23C(C)CC. The maximum atomic E-state index is 2.63. The van der Waals surface area contributed by atoms with Gasteiger partial charge in [-0.25, -0.2) is 0 Å². The van der Waals surface area contributed by atoms with Crippen LogP contribution in [-0.2, 0) is 0 Å². The van der Waals surface area contributed by atoms with E-state index in [4.69, 9.17) is 0 Å². The largest absolute Gasteiger partial charge is 0.0651 e. The molecule has 0 heterocycles. The van der Waals surface area contributed by atoms with Crippen LogP contribution in [0.1, 0.15) is 67.7 Å². The Bertz CT molecular complexity index is 364. The van der Waals surface area contributed by atoms with Gasteiger partial charge in [-0.15, -0.1) is 0 Å². The fourth-order valence-electron chi connectivity index (χ4n) is 8.18. The maximum Gasteiger partial charge on any atom is -0.0106 e. The second-order valence-corrected chi connectivity index (χ2v) is 7.80. The third kappa shape index (κ3) is 0.640. The van der Waals surface area contributed by atoms with Crippen molar-refractivity contribution >= 4 is 0 Å². The molecule has 0 aliphatic heterocycles. The van der Waals surface area contributed by atoms with Crippen LogP contribution in [0.3, 0.4) is 0 Å². The molecule has 4 fully saturated rings. The molecular formula is C17H30. The van der Waals surface area contributed by atoms with Gasteiger partial charge in [-0.3, -0.25) is 0 Å². The van der Waals surface area contributed by atoms with Gasteiger partial charge in [0.2, 0.25) is 0 Å². The fraction of sp³-hybridized carbons (Fsp3) is 1.00. The highest BCUT2D eigenvalue weighted by atomic mass is 15.1. The van der Waals surface area contributed by atoms with Crippen molar-refractivity contribution in [1.82, 2.24) is 0 Å². The molecule has 0 nitrogen and oxygen atoms in total. The average Bonchev–Trinajstić information content (AvgIpc) is 2.87. The molecule has 0 N–H and O–H groups in total. The molecule has 0 aromatic rings. The quantitative estimate of drug-likeness (QED) is 0.632. The van der Waals surface area contributed by atoms with E-state index in [1.807, 2.05) is 0 Å². The van der Waals surface area contributed by atoms with Crippen LogP contribution in [0, 0.1) is 39.4 Å². The first-order valence-electron chi connectivity index (χ1n) is 7.87. The van der Waals surface area contributed by atoms with Crippen LogP contribution in [-0.4, -0.2) is 0 Å². The lowest BCUT2D eigenvalue weighted by Crippen LogP contribution is -2.80. The Morgan fingerprint density at radius 1 is 0.941 bits per heavy atom. The fourth-order valence-corrected chi connectivity index (χ4v) is 8.18. The zero-order valence-corrected chi connectivity index (χ0v) is 12.9. The predicted molar refractivity (Wildman–Crippen MR) is 73.8 cm³/mol. The van der Waals surface area contributed by atoms with Gasteiger partial charge in [0.1, 0.15) is 0 Å². The summed E-state index contributed by atoms with van der Waals surface area (Å²) in [7, 11) is 0. The van der Waals surface area contributed by atoms with Gasteiger partial charge in [0.25, 0.3) is 0 Å². The summed E-state index contributed by atoms with van der Waals surface area (Å²) >= 11 is 0. The molecule has 0 aromatic heterocycles. The summed E-state index contributed by atoms with van der Waals surface area (Å²) in [6.07, 6.45) is 4.20. The van der Waals surface area contributed by atoms with Crippen LogP contribution < -0.4 is 0 Å². The summed E-state index contributed by atoms with van der Waals surface area (Å²) in [4.78, 5) is 0. The van der Waals surface area contributed by atoms with Gasteiger partial charge in [-0.2, -0.15) is 0 Å². The van der Waals surface area contributed by atoms with Crippen molar-refractivity contribution in [3.8, 4) is 0 Å². The van der Waals surface area contributed by atoms with E-state index >= 15 is 0 Å². The minimum absolute atomic E-state index is 0.616. The lowest BCUT2D eigenvalue weighted by molar-refractivity contribution is -0.379. The maximum absolute atomic E-state index is 2.63. The smallest absolute Gasteiger partial charge is 0.0106 e. The predicted octanol–water partition coefficient (Wildman–Crippen LogP) is 5.13. The van der Waals surface area contributed by atoms with Crippen molar-refractivity contribution in [3.63, 3.8) is 0 Å². The van der Waals surface area contributed by atoms with E-state index in [9.17, 15) is 0 Å². The van der Waals surface area contributed by atoms with Crippen LogP contribution in [0.5, 0.6) is 0 Å². The molecule has 4 aliphatic rings. The van der Waals surface area contributed by atoms with Crippen LogP contribution in [0.15, 0.2) is 0 Å². The van der Waals surface area contributed by atoms with Crippen molar-refractivity contribution in [3.05, 3.63) is 0 Å². The molecule has 17 heavy (non-hydrogen) atoms. The van der Waals surface area contributed by atoms with E-state index in [0.29, 0.717) is 10.8 Å². The van der Waals surface area contributed by atoms with Crippen molar-refractivity contribution < 1.29 is 0 Å². The second kappa shape index (κ2) is 2.78. The zero-order valence-electron chi connectivity index (χ0n) is 12.9. The Kier molecular flexibility index (Phi) is 1.97. The summed E-state index contributed by atoms with van der Waals surface area (Å²) in [6, 6.07) is 0. The monoisotopic (exact) mass is 234 g/mol.